The van der Waals surface area contributed by atoms with Crippen molar-refractivity contribution in [1.29, 1.82) is 5.26 Å². The number of benzene rings is 2. The summed E-state index contributed by atoms with van der Waals surface area (Å²) in [6, 6.07) is 16.3. The average molecular weight is 616 g/mol. The van der Waals surface area contributed by atoms with Crippen LogP contribution in [0.2, 0.25) is 0 Å². The summed E-state index contributed by atoms with van der Waals surface area (Å²) in [5.41, 5.74) is 4.10. The van der Waals surface area contributed by atoms with Crippen molar-refractivity contribution in [3.8, 4) is 22.9 Å². The minimum Gasteiger partial charge on any atom is -0.369 e. The average Bonchev–Trinajstić information content (AvgIpc) is 3.65. The number of hydrogen-bond donors (Lipinski definition) is 1. The van der Waals surface area contributed by atoms with Crippen LogP contribution in [0.4, 0.5) is 18.9 Å². The second-order valence-corrected chi connectivity index (χ2v) is 13.9. The van der Waals surface area contributed by atoms with E-state index in [4.69, 9.17) is 5.26 Å². The van der Waals surface area contributed by atoms with Gasteiger partial charge in [-0.05, 0) is 74.6 Å². The van der Waals surface area contributed by atoms with Gasteiger partial charge in [0.1, 0.15) is 11.4 Å². The van der Waals surface area contributed by atoms with Crippen molar-refractivity contribution in [1.82, 2.24) is 15.1 Å². The number of carbonyl (C=O) groups excluding carboxylic acids is 1. The Morgan fingerprint density at radius 1 is 1.05 bits per heavy atom. The molecular weight excluding hydrogens is 579 g/mol. The molecule has 8 nitrogen and oxygen atoms in total. The van der Waals surface area contributed by atoms with E-state index in [0.717, 1.165) is 28.2 Å². The predicted molar refractivity (Wildman–Crippen MR) is 159 cm³/mol. The van der Waals surface area contributed by atoms with Gasteiger partial charge in [0.05, 0.1) is 29.5 Å². The first-order valence-corrected chi connectivity index (χ1v) is 16.2. The quantitative estimate of drug-likeness (QED) is 0.409. The fraction of sp³-hybridized carbons (Fsp3) is 0.452. The van der Waals surface area contributed by atoms with E-state index in [9.17, 15) is 26.4 Å². The van der Waals surface area contributed by atoms with Crippen LogP contribution >= 0.6 is 0 Å². The lowest BCUT2D eigenvalue weighted by Crippen LogP contribution is -2.43. The molecule has 2 heterocycles. The topological polar surface area (TPSA) is 108 Å². The minimum absolute atomic E-state index is 0. The monoisotopic (exact) mass is 615 g/mol. The zero-order chi connectivity index (χ0) is 30.8. The van der Waals surface area contributed by atoms with E-state index in [1.54, 1.807) is 23.0 Å². The molecule has 230 valence electrons. The van der Waals surface area contributed by atoms with Crippen LogP contribution in [0.5, 0.6) is 0 Å². The van der Waals surface area contributed by atoms with E-state index < -0.39 is 27.2 Å². The summed E-state index contributed by atoms with van der Waals surface area (Å²) in [4.78, 5) is 13.8. The zero-order valence-corrected chi connectivity index (χ0v) is 24.7. The Kier molecular flexibility index (Phi) is 8.56. The van der Waals surface area contributed by atoms with Crippen molar-refractivity contribution in [3.63, 3.8) is 0 Å². The molecule has 43 heavy (non-hydrogen) atoms. The molecule has 6 rings (SSSR count). The van der Waals surface area contributed by atoms with Crippen LogP contribution in [-0.4, -0.2) is 60.2 Å². The minimum atomic E-state index is -2.88. The Balaban J connectivity index is 0.000000223. The molecule has 1 N–H and O–H groups in total. The van der Waals surface area contributed by atoms with Crippen molar-refractivity contribution < 1.29 is 27.8 Å². The highest BCUT2D eigenvalue weighted by molar-refractivity contribution is 7.91. The van der Waals surface area contributed by atoms with Crippen LogP contribution in [0.3, 0.4) is 0 Å². The highest BCUT2D eigenvalue weighted by Gasteiger charge is 2.47. The molecule has 1 aliphatic heterocycles. The third-order valence-electron chi connectivity index (χ3n) is 8.31. The zero-order valence-electron chi connectivity index (χ0n) is 23.9. The standard InChI is InChI=1S/C20H20FN3O2S.C11H14F2N2O.H2/c1-15-20(14-22-24(15)19-8-4-17(21)5-9-19)16-2-6-18(7-3-16)23-10-12-27(25,26)13-11-23;12-11(13)3-1-2-8(6-11)9(16)15-10(7-14)4-5-10;/h2-9,14H,10-13H2,1H3;8H,1-6H2,(H,15,16);1H/t;8-;/m.0./s1. The summed E-state index contributed by atoms with van der Waals surface area (Å²) in [5, 5.41) is 15.8. The summed E-state index contributed by atoms with van der Waals surface area (Å²) in [6.07, 6.45) is 3.46. The molecule has 12 heteroatoms. The molecule has 1 aromatic heterocycles. The predicted octanol–water partition coefficient (Wildman–Crippen LogP) is 5.45. The van der Waals surface area contributed by atoms with Gasteiger partial charge in [-0.2, -0.15) is 10.4 Å². The molecule has 1 saturated heterocycles. The van der Waals surface area contributed by atoms with Gasteiger partial charge in [0.15, 0.2) is 9.84 Å². The lowest BCUT2D eigenvalue weighted by molar-refractivity contribution is -0.132. The van der Waals surface area contributed by atoms with Crippen LogP contribution in [0.15, 0.2) is 54.7 Å². The number of hydrogen-bond acceptors (Lipinski definition) is 6. The Hall–Kier alpha value is -3.85. The molecule has 0 bridgehead atoms. The van der Waals surface area contributed by atoms with Gasteiger partial charge in [0, 0.05) is 50.2 Å². The number of sulfone groups is 1. The van der Waals surface area contributed by atoms with Gasteiger partial charge in [0.25, 0.3) is 0 Å². The van der Waals surface area contributed by atoms with Gasteiger partial charge < -0.3 is 10.2 Å². The Morgan fingerprint density at radius 2 is 1.67 bits per heavy atom. The largest absolute Gasteiger partial charge is 0.369 e. The van der Waals surface area contributed by atoms with Gasteiger partial charge in [0.2, 0.25) is 11.8 Å². The van der Waals surface area contributed by atoms with Gasteiger partial charge >= 0.3 is 0 Å². The number of aromatic nitrogens is 2. The number of nitrogens with one attached hydrogen (secondary N) is 1. The first-order chi connectivity index (χ1) is 20.4. The van der Waals surface area contributed by atoms with E-state index in [1.165, 1.54) is 12.1 Å². The Morgan fingerprint density at radius 3 is 2.26 bits per heavy atom. The van der Waals surface area contributed by atoms with Crippen LogP contribution in [0.25, 0.3) is 16.8 Å². The maximum absolute atomic E-state index is 13.1. The molecule has 2 aromatic carbocycles. The fourth-order valence-corrected chi connectivity index (χ4v) is 6.68. The maximum Gasteiger partial charge on any atom is 0.248 e. The molecule has 3 aromatic rings. The molecule has 3 aliphatic rings. The first kappa shape index (κ1) is 30.6. The normalized spacial score (nSPS) is 21.6. The molecule has 0 radical (unpaired) electrons. The van der Waals surface area contributed by atoms with Crippen molar-refractivity contribution in [2.75, 3.05) is 29.5 Å². The SMILES string of the molecule is Cc1c(-c2ccc(N3CCS(=O)(=O)CC3)cc2)cnn1-c1ccc(F)cc1.N#CC1(NC(=O)[C@H]2CCCC(F)(F)C2)CC1.[HH]. The van der Waals surface area contributed by atoms with Crippen LogP contribution in [0.1, 0.15) is 45.6 Å². The molecular formula is C31H36F3N5O3S. The van der Waals surface area contributed by atoms with E-state index in [-0.39, 0.29) is 37.5 Å². The number of nitrogens with zero attached hydrogens (tertiary/aromatic N) is 4. The van der Waals surface area contributed by atoms with Crippen molar-refractivity contribution in [3.05, 3.63) is 66.2 Å². The van der Waals surface area contributed by atoms with E-state index in [2.05, 4.69) is 15.3 Å². The van der Waals surface area contributed by atoms with Gasteiger partial charge in [-0.3, -0.25) is 4.79 Å². The van der Waals surface area contributed by atoms with Crippen LogP contribution < -0.4 is 10.2 Å². The second-order valence-electron chi connectivity index (χ2n) is 11.6. The van der Waals surface area contributed by atoms with Gasteiger partial charge in [-0.15, -0.1) is 0 Å². The summed E-state index contributed by atoms with van der Waals surface area (Å²) in [5.74, 6) is -3.59. The molecule has 3 fully saturated rings. The van der Waals surface area contributed by atoms with Gasteiger partial charge in [-0.1, -0.05) is 12.1 Å². The van der Waals surface area contributed by atoms with E-state index in [0.29, 0.717) is 38.8 Å². The third-order valence-corrected chi connectivity index (χ3v) is 9.92. The maximum atomic E-state index is 13.1. The Bertz CT molecular complexity index is 1600. The molecule has 2 saturated carbocycles. The number of alkyl halides is 2. The lowest BCUT2D eigenvalue weighted by atomic mass is 9.86. The summed E-state index contributed by atoms with van der Waals surface area (Å²) in [6.45, 7) is 3.04. The second kappa shape index (κ2) is 12.0. The molecule has 0 unspecified atom stereocenters. The van der Waals surface area contributed by atoms with Crippen LogP contribution in [0, 0.1) is 30.0 Å². The third kappa shape index (κ3) is 7.39. The molecule has 2 aliphatic carbocycles. The number of halogens is 3. The summed E-state index contributed by atoms with van der Waals surface area (Å²) >= 11 is 0. The molecule has 0 spiro atoms. The number of nitriles is 1. The fourth-order valence-electron chi connectivity index (χ4n) is 5.48. The smallest absolute Gasteiger partial charge is 0.248 e. The van der Waals surface area contributed by atoms with E-state index in [1.807, 2.05) is 37.3 Å². The first-order valence-electron chi connectivity index (χ1n) is 14.4. The van der Waals surface area contributed by atoms with Crippen molar-refractivity contribution in [2.24, 2.45) is 5.92 Å². The van der Waals surface area contributed by atoms with Crippen molar-refractivity contribution in [2.45, 2.75) is 56.9 Å². The Labute approximate surface area is 250 Å². The highest BCUT2D eigenvalue weighted by atomic mass is 32.2. The summed E-state index contributed by atoms with van der Waals surface area (Å²) < 4.78 is 64.3. The lowest BCUT2D eigenvalue weighted by Gasteiger charge is -2.28. The number of amides is 1. The number of anilines is 1. The van der Waals surface area contributed by atoms with Crippen molar-refractivity contribution >= 4 is 21.4 Å². The number of carbonyl (C=O) groups is 1. The molecule has 1 atom stereocenters. The van der Waals surface area contributed by atoms with Gasteiger partial charge in [-0.25, -0.2) is 26.3 Å². The van der Waals surface area contributed by atoms with Crippen LogP contribution in [-0.2, 0) is 14.6 Å². The highest BCUT2D eigenvalue weighted by Crippen LogP contribution is 2.39. The van der Waals surface area contributed by atoms with E-state index >= 15 is 0 Å². The number of rotatable bonds is 5. The summed E-state index contributed by atoms with van der Waals surface area (Å²) in [7, 11) is -2.88. The molecule has 1 amide bonds.